The molecule has 18 heteroatoms. The lowest BCUT2D eigenvalue weighted by Gasteiger charge is -2.16. The van der Waals surface area contributed by atoms with Gasteiger partial charge >= 0.3 is 7.82 Å². The summed E-state index contributed by atoms with van der Waals surface area (Å²) in [6, 6.07) is 5.56. The van der Waals surface area contributed by atoms with Crippen LogP contribution in [0.1, 0.15) is 22.3 Å². The van der Waals surface area contributed by atoms with E-state index in [9.17, 15) is 38.0 Å². The van der Waals surface area contributed by atoms with Crippen LogP contribution in [-0.4, -0.2) is 66.8 Å². The third-order valence-corrected chi connectivity index (χ3v) is 6.54. The molecule has 0 aliphatic carbocycles. The number of pyridine rings is 1. The first-order valence-corrected chi connectivity index (χ1v) is 13.0. The van der Waals surface area contributed by atoms with E-state index < -0.39 is 75.6 Å². The molecular weight excluding hydrogens is 561 g/mol. The SMILES string of the molecule is NC(=O)c1ccc[n+]([C@@H]2O[C@H](COP(=O)(O)OCc3cn(CC(=O)Nc4ccc(F)cc4F)nn3)[C@@H](O)[C@H]2O)c1. The molecule has 1 aliphatic heterocycles. The highest BCUT2D eigenvalue weighted by Gasteiger charge is 2.49. The third-order valence-electron chi connectivity index (χ3n) is 5.61. The Bertz CT molecular complexity index is 1440. The summed E-state index contributed by atoms with van der Waals surface area (Å²) < 4.78 is 56.7. The molecule has 4 rings (SSSR count). The van der Waals surface area contributed by atoms with Crippen LogP contribution in [0.5, 0.6) is 0 Å². The van der Waals surface area contributed by atoms with E-state index in [1.54, 1.807) is 0 Å². The number of hydrogen-bond acceptors (Lipinski definition) is 10. The molecule has 15 nitrogen and oxygen atoms in total. The van der Waals surface area contributed by atoms with Crippen LogP contribution in [0.4, 0.5) is 14.5 Å². The number of benzene rings is 1. The maximum atomic E-state index is 13.7. The molecule has 2 amide bonds. The second-order valence-corrected chi connectivity index (χ2v) is 10.0. The van der Waals surface area contributed by atoms with E-state index >= 15 is 0 Å². The Morgan fingerprint density at radius 3 is 2.73 bits per heavy atom. The molecule has 1 saturated heterocycles. The second-order valence-electron chi connectivity index (χ2n) is 8.57. The quantitative estimate of drug-likeness (QED) is 0.143. The van der Waals surface area contributed by atoms with Crippen LogP contribution in [0.25, 0.3) is 0 Å². The number of halogens is 2. The number of aliphatic hydroxyl groups is 2. The van der Waals surface area contributed by atoms with Gasteiger partial charge in [-0.25, -0.2) is 18.0 Å². The number of rotatable bonds is 11. The zero-order valence-corrected chi connectivity index (χ0v) is 21.3. The molecule has 5 atom stereocenters. The number of phosphoric ester groups is 1. The minimum atomic E-state index is -4.71. The molecule has 6 N–H and O–H groups in total. The lowest BCUT2D eigenvalue weighted by molar-refractivity contribution is -0.765. The summed E-state index contributed by atoms with van der Waals surface area (Å²) in [6.07, 6.45) is -1.36. The van der Waals surface area contributed by atoms with Crippen LogP contribution in [-0.2, 0) is 36.3 Å². The van der Waals surface area contributed by atoms with Crippen LogP contribution in [0.3, 0.4) is 0 Å². The van der Waals surface area contributed by atoms with Crippen LogP contribution in [0.2, 0.25) is 0 Å². The second kappa shape index (κ2) is 12.2. The number of aromatic nitrogens is 4. The van der Waals surface area contributed by atoms with Crippen molar-refractivity contribution in [2.45, 2.75) is 37.7 Å². The molecule has 0 radical (unpaired) electrons. The molecule has 3 heterocycles. The van der Waals surface area contributed by atoms with E-state index in [-0.39, 0.29) is 16.9 Å². The molecule has 214 valence electrons. The van der Waals surface area contributed by atoms with Gasteiger partial charge in [-0.05, 0) is 18.2 Å². The number of primary amides is 1. The maximum absolute atomic E-state index is 13.7. The van der Waals surface area contributed by atoms with Gasteiger partial charge in [-0.1, -0.05) is 5.21 Å². The van der Waals surface area contributed by atoms with Crippen molar-refractivity contribution in [2.24, 2.45) is 5.73 Å². The predicted molar refractivity (Wildman–Crippen MR) is 127 cm³/mol. The van der Waals surface area contributed by atoms with Crippen LogP contribution in [0.15, 0.2) is 48.9 Å². The molecule has 1 fully saturated rings. The fourth-order valence-electron chi connectivity index (χ4n) is 3.67. The Labute approximate surface area is 224 Å². The average Bonchev–Trinajstić information content (AvgIpc) is 3.47. The number of carbonyl (C=O) groups excluding carboxylic acids is 2. The number of hydrogen-bond donors (Lipinski definition) is 5. The molecule has 0 bridgehead atoms. The third kappa shape index (κ3) is 7.28. The number of amides is 2. The molecular formula is C22H24F2N6O9P+. The molecule has 1 unspecified atom stereocenters. The highest BCUT2D eigenvalue weighted by atomic mass is 31.2. The van der Waals surface area contributed by atoms with Crippen molar-refractivity contribution in [3.8, 4) is 0 Å². The van der Waals surface area contributed by atoms with E-state index in [2.05, 4.69) is 15.6 Å². The number of nitrogens with one attached hydrogen (secondary N) is 1. The minimum Gasteiger partial charge on any atom is -0.387 e. The smallest absolute Gasteiger partial charge is 0.387 e. The monoisotopic (exact) mass is 585 g/mol. The Morgan fingerprint density at radius 1 is 1.23 bits per heavy atom. The molecule has 0 spiro atoms. The van der Waals surface area contributed by atoms with E-state index in [4.69, 9.17) is 19.5 Å². The zero-order chi connectivity index (χ0) is 29.0. The van der Waals surface area contributed by atoms with Crippen LogP contribution < -0.4 is 15.6 Å². The number of anilines is 1. The first kappa shape index (κ1) is 29.3. The van der Waals surface area contributed by atoms with Gasteiger partial charge in [-0.15, -0.1) is 5.10 Å². The number of phosphoric acid groups is 1. The molecule has 3 aromatic rings. The Hall–Kier alpha value is -3.70. The number of ether oxygens (including phenoxy) is 1. The molecule has 1 aromatic carbocycles. The summed E-state index contributed by atoms with van der Waals surface area (Å²) in [5, 5.41) is 30.3. The van der Waals surface area contributed by atoms with Crippen molar-refractivity contribution >= 4 is 25.3 Å². The fourth-order valence-corrected chi connectivity index (χ4v) is 4.38. The van der Waals surface area contributed by atoms with Crippen molar-refractivity contribution in [1.82, 2.24) is 15.0 Å². The van der Waals surface area contributed by atoms with Crippen LogP contribution in [0, 0.1) is 11.6 Å². The Morgan fingerprint density at radius 2 is 2.00 bits per heavy atom. The van der Waals surface area contributed by atoms with E-state index in [1.807, 2.05) is 0 Å². The lowest BCUT2D eigenvalue weighted by Crippen LogP contribution is -2.46. The maximum Gasteiger partial charge on any atom is 0.472 e. The van der Waals surface area contributed by atoms with E-state index in [0.29, 0.717) is 6.07 Å². The highest BCUT2D eigenvalue weighted by Crippen LogP contribution is 2.45. The standard InChI is InChI=1S/C22H23F2N6O9P/c23-13-3-4-16(15(24)6-13)26-18(31)9-30-8-14(27-28-30)10-37-40(35,36)38-11-17-19(32)20(33)22(39-17)29-5-1-2-12(7-29)21(25)34/h1-8,17,19-20,22,32-33H,9-11H2,(H3-,25,26,31,34,35,36)/p+1/t17-,19-,20-,22-/m1/s1. The van der Waals surface area contributed by atoms with Crippen molar-refractivity contribution in [1.29, 1.82) is 0 Å². The van der Waals surface area contributed by atoms with Gasteiger partial charge in [0.1, 0.15) is 48.3 Å². The van der Waals surface area contributed by atoms with Gasteiger partial charge in [-0.3, -0.25) is 18.6 Å². The number of nitrogens with two attached hydrogens (primary N) is 1. The highest BCUT2D eigenvalue weighted by molar-refractivity contribution is 7.47. The molecule has 40 heavy (non-hydrogen) atoms. The van der Waals surface area contributed by atoms with Gasteiger partial charge in [-0.2, -0.15) is 4.57 Å². The molecule has 0 saturated carbocycles. The van der Waals surface area contributed by atoms with E-state index in [1.165, 1.54) is 35.3 Å². The number of carbonyl (C=O) groups is 2. The van der Waals surface area contributed by atoms with Gasteiger partial charge < -0.3 is 30.9 Å². The molecule has 2 aromatic heterocycles. The summed E-state index contributed by atoms with van der Waals surface area (Å²) >= 11 is 0. The number of aliphatic hydroxyl groups excluding tert-OH is 2. The normalized spacial score (nSPS) is 22.1. The predicted octanol–water partition coefficient (Wildman–Crippen LogP) is -0.466. The fraction of sp³-hybridized carbons (Fsp3) is 0.318. The average molecular weight is 585 g/mol. The Balaban J connectivity index is 1.26. The van der Waals surface area contributed by atoms with Crippen LogP contribution >= 0.6 is 7.82 Å². The van der Waals surface area contributed by atoms with Crippen molar-refractivity contribution in [3.05, 3.63) is 71.8 Å². The topological polar surface area (TPSA) is 212 Å². The zero-order valence-electron chi connectivity index (χ0n) is 20.4. The lowest BCUT2D eigenvalue weighted by atomic mass is 10.1. The minimum absolute atomic E-state index is 0.0389. The van der Waals surface area contributed by atoms with Gasteiger partial charge in [0.15, 0.2) is 18.5 Å². The van der Waals surface area contributed by atoms with Gasteiger partial charge in [0.25, 0.3) is 12.1 Å². The summed E-state index contributed by atoms with van der Waals surface area (Å²) in [6.45, 7) is -1.61. The van der Waals surface area contributed by atoms with Gasteiger partial charge in [0.2, 0.25) is 5.91 Å². The van der Waals surface area contributed by atoms with E-state index in [0.717, 1.165) is 16.8 Å². The summed E-state index contributed by atoms with van der Waals surface area (Å²) in [7, 11) is -4.71. The van der Waals surface area contributed by atoms with Crippen molar-refractivity contribution in [2.75, 3.05) is 11.9 Å². The van der Waals surface area contributed by atoms with Crippen molar-refractivity contribution < 1.29 is 56.4 Å². The first-order chi connectivity index (χ1) is 18.9. The summed E-state index contributed by atoms with van der Waals surface area (Å²) in [5.41, 5.74) is 5.18. The van der Waals surface area contributed by atoms with Gasteiger partial charge in [0, 0.05) is 12.1 Å². The number of nitrogens with zero attached hydrogens (tertiary/aromatic N) is 4. The molecule has 1 aliphatic rings. The first-order valence-electron chi connectivity index (χ1n) is 11.5. The van der Waals surface area contributed by atoms with Crippen molar-refractivity contribution in [3.63, 3.8) is 0 Å². The summed E-state index contributed by atoms with van der Waals surface area (Å²) in [4.78, 5) is 33.5. The van der Waals surface area contributed by atoms with Gasteiger partial charge in [0.05, 0.1) is 18.5 Å². The summed E-state index contributed by atoms with van der Waals surface area (Å²) in [5.74, 6) is -3.18. The largest absolute Gasteiger partial charge is 0.472 e. The Kier molecular flexibility index (Phi) is 8.95.